The summed E-state index contributed by atoms with van der Waals surface area (Å²) in [7, 11) is -4.19. The molecule has 34 heavy (non-hydrogen) atoms. The van der Waals surface area contributed by atoms with E-state index in [2.05, 4.69) is 4.57 Å². The first-order valence-electron chi connectivity index (χ1n) is 10.6. The number of hydrogen-bond donors (Lipinski definition) is 0. The van der Waals surface area contributed by atoms with Gasteiger partial charge in [0.2, 0.25) is 5.78 Å². The molecule has 3 aromatic carbocycles. The number of para-hydroxylation sites is 1. The van der Waals surface area contributed by atoms with Crippen LogP contribution in [0.1, 0.15) is 28.4 Å². The number of ether oxygens (including phenoxy) is 1. The molecule has 0 N–H and O–H groups in total. The number of benzene rings is 3. The zero-order chi connectivity index (χ0) is 24.0. The molecule has 172 valence electrons. The zero-order valence-electron chi connectivity index (χ0n) is 18.4. The lowest BCUT2D eigenvalue weighted by Crippen LogP contribution is -2.10. The third-order valence-corrected chi connectivity index (χ3v) is 7.03. The quantitative estimate of drug-likeness (QED) is 0.281. The maximum atomic E-state index is 13.2. The number of hydrogen-bond acceptors (Lipinski definition) is 5. The Morgan fingerprint density at radius 1 is 1.06 bits per heavy atom. The van der Waals surface area contributed by atoms with Crippen LogP contribution in [0, 0.1) is 12.7 Å². The first kappa shape index (κ1) is 21.9. The smallest absolute Gasteiger partial charge is 0.339 e. The second kappa shape index (κ2) is 8.14. The normalized spacial score (nSPS) is 14.4. The maximum Gasteiger partial charge on any atom is 0.339 e. The number of Topliss-reactive ketones (excluding diaryl/α,β-unsaturated/α-hetero) is 1. The molecular formula is C26H20FNO5S. The standard InChI is InChI=1S/C26H20FNO5S/c1-3-28-15-17(20-6-4-5-7-22(20)28)14-24-25(29)21-12-13-23(16(2)26(21)32-24)33-34(30,31)19-10-8-18(27)9-11-19/h4-15H,3H2,1-2H3. The highest BCUT2D eigenvalue weighted by molar-refractivity contribution is 7.87. The first-order chi connectivity index (χ1) is 16.3. The lowest BCUT2D eigenvalue weighted by atomic mass is 10.1. The summed E-state index contributed by atoms with van der Waals surface area (Å²) < 4.78 is 51.7. The molecule has 0 aliphatic carbocycles. The average Bonchev–Trinajstić information content (AvgIpc) is 3.34. The molecule has 0 radical (unpaired) electrons. The predicted octanol–water partition coefficient (Wildman–Crippen LogP) is 5.49. The Balaban J connectivity index is 1.49. The van der Waals surface area contributed by atoms with E-state index in [1.165, 1.54) is 12.1 Å². The molecule has 0 atom stereocenters. The Labute approximate surface area is 196 Å². The third-order valence-electron chi connectivity index (χ3n) is 5.79. The Morgan fingerprint density at radius 2 is 1.79 bits per heavy atom. The fourth-order valence-corrected chi connectivity index (χ4v) is 5.00. The Hall–Kier alpha value is -3.91. The highest BCUT2D eigenvalue weighted by atomic mass is 32.2. The number of aromatic nitrogens is 1. The van der Waals surface area contributed by atoms with E-state index in [9.17, 15) is 17.6 Å². The minimum absolute atomic E-state index is 0.0275. The minimum Gasteiger partial charge on any atom is -0.452 e. The lowest BCUT2D eigenvalue weighted by Gasteiger charge is -2.11. The van der Waals surface area contributed by atoms with Crippen LogP contribution in [0.15, 0.2) is 77.5 Å². The Morgan fingerprint density at radius 3 is 2.53 bits per heavy atom. The van der Waals surface area contributed by atoms with Crippen LogP contribution in [-0.2, 0) is 16.7 Å². The van der Waals surface area contributed by atoms with E-state index in [-0.39, 0.29) is 27.9 Å². The number of fused-ring (bicyclic) bond motifs is 2. The van der Waals surface area contributed by atoms with E-state index in [0.29, 0.717) is 11.1 Å². The lowest BCUT2D eigenvalue weighted by molar-refractivity contribution is 0.101. The Bertz CT molecular complexity index is 1580. The number of allylic oxidation sites excluding steroid dienone is 1. The van der Waals surface area contributed by atoms with Crippen LogP contribution >= 0.6 is 0 Å². The van der Waals surface area contributed by atoms with Gasteiger partial charge in [0.05, 0.1) is 5.56 Å². The van der Waals surface area contributed by atoms with Crippen molar-refractivity contribution in [2.24, 2.45) is 0 Å². The van der Waals surface area contributed by atoms with Crippen LogP contribution in [0.4, 0.5) is 4.39 Å². The zero-order valence-corrected chi connectivity index (χ0v) is 19.2. The van der Waals surface area contributed by atoms with E-state index in [1.807, 2.05) is 37.4 Å². The van der Waals surface area contributed by atoms with Crippen LogP contribution in [0.5, 0.6) is 11.5 Å². The van der Waals surface area contributed by atoms with Crippen LogP contribution in [-0.4, -0.2) is 18.8 Å². The van der Waals surface area contributed by atoms with Gasteiger partial charge in [-0.1, -0.05) is 18.2 Å². The van der Waals surface area contributed by atoms with Crippen molar-refractivity contribution in [1.29, 1.82) is 0 Å². The highest BCUT2D eigenvalue weighted by Gasteiger charge is 2.31. The van der Waals surface area contributed by atoms with E-state index in [1.54, 1.807) is 13.0 Å². The van der Waals surface area contributed by atoms with Gasteiger partial charge < -0.3 is 13.5 Å². The average molecular weight is 478 g/mol. The number of aryl methyl sites for hydroxylation is 1. The van der Waals surface area contributed by atoms with Gasteiger partial charge in [0.1, 0.15) is 22.2 Å². The number of halogens is 1. The molecule has 0 fully saturated rings. The summed E-state index contributed by atoms with van der Waals surface area (Å²) in [5.74, 6) is -0.419. The van der Waals surface area contributed by atoms with Crippen molar-refractivity contribution < 1.29 is 26.5 Å². The van der Waals surface area contributed by atoms with Gasteiger partial charge in [-0.25, -0.2) is 4.39 Å². The second-order valence-electron chi connectivity index (χ2n) is 7.88. The van der Waals surface area contributed by atoms with Gasteiger partial charge in [-0.3, -0.25) is 4.79 Å². The molecule has 1 aromatic heterocycles. The summed E-state index contributed by atoms with van der Waals surface area (Å²) in [6.07, 6.45) is 3.67. The SMILES string of the molecule is CCn1cc(C=C2Oc3c(ccc(OS(=O)(=O)c4ccc(F)cc4)c3C)C2=O)c2ccccc21. The van der Waals surface area contributed by atoms with Gasteiger partial charge in [0, 0.05) is 34.8 Å². The van der Waals surface area contributed by atoms with Crippen molar-refractivity contribution in [2.45, 2.75) is 25.3 Å². The summed E-state index contributed by atoms with van der Waals surface area (Å²) in [6, 6.07) is 15.1. The number of rotatable bonds is 5. The van der Waals surface area contributed by atoms with Crippen molar-refractivity contribution in [3.05, 3.63) is 95.1 Å². The van der Waals surface area contributed by atoms with Gasteiger partial charge in [0.15, 0.2) is 5.76 Å². The van der Waals surface area contributed by atoms with Crippen LogP contribution in [0.25, 0.3) is 17.0 Å². The number of nitrogens with zero attached hydrogens (tertiary/aromatic N) is 1. The number of carbonyl (C=O) groups is 1. The van der Waals surface area contributed by atoms with Crippen molar-refractivity contribution in [2.75, 3.05) is 0 Å². The van der Waals surface area contributed by atoms with Crippen molar-refractivity contribution >= 4 is 32.9 Å². The molecule has 2 heterocycles. The van der Waals surface area contributed by atoms with Crippen molar-refractivity contribution in [3.8, 4) is 11.5 Å². The van der Waals surface area contributed by atoms with E-state index in [0.717, 1.165) is 47.3 Å². The van der Waals surface area contributed by atoms with Gasteiger partial charge >= 0.3 is 10.1 Å². The molecule has 0 amide bonds. The van der Waals surface area contributed by atoms with Gasteiger partial charge in [-0.15, -0.1) is 0 Å². The summed E-state index contributed by atoms with van der Waals surface area (Å²) in [5.41, 5.74) is 2.60. The van der Waals surface area contributed by atoms with Crippen LogP contribution in [0.3, 0.4) is 0 Å². The van der Waals surface area contributed by atoms with Gasteiger partial charge in [0.25, 0.3) is 0 Å². The second-order valence-corrected chi connectivity index (χ2v) is 9.43. The molecule has 6 nitrogen and oxygen atoms in total. The van der Waals surface area contributed by atoms with E-state index < -0.39 is 15.9 Å². The summed E-state index contributed by atoms with van der Waals surface area (Å²) in [4.78, 5) is 12.8. The van der Waals surface area contributed by atoms with Crippen molar-refractivity contribution in [3.63, 3.8) is 0 Å². The molecule has 0 saturated heterocycles. The molecule has 4 aromatic rings. The topological polar surface area (TPSA) is 74.6 Å². The number of carbonyl (C=O) groups excluding carboxylic acids is 1. The largest absolute Gasteiger partial charge is 0.452 e. The van der Waals surface area contributed by atoms with Crippen LogP contribution < -0.4 is 8.92 Å². The molecule has 8 heteroatoms. The van der Waals surface area contributed by atoms with Crippen molar-refractivity contribution in [1.82, 2.24) is 4.57 Å². The summed E-state index contributed by atoms with van der Waals surface area (Å²) in [6.45, 7) is 4.44. The fourth-order valence-electron chi connectivity index (χ4n) is 4.02. The van der Waals surface area contributed by atoms with Gasteiger partial charge in [-0.2, -0.15) is 8.42 Å². The highest BCUT2D eigenvalue weighted by Crippen LogP contribution is 2.40. The molecular weight excluding hydrogens is 457 g/mol. The molecule has 0 bridgehead atoms. The summed E-state index contributed by atoms with van der Waals surface area (Å²) >= 11 is 0. The van der Waals surface area contributed by atoms with E-state index >= 15 is 0 Å². The molecule has 0 unspecified atom stereocenters. The fraction of sp³-hybridized carbons (Fsp3) is 0.115. The molecule has 1 aliphatic rings. The van der Waals surface area contributed by atoms with Gasteiger partial charge in [-0.05, 0) is 62.4 Å². The molecule has 5 rings (SSSR count). The number of ketones is 1. The molecule has 1 aliphatic heterocycles. The van der Waals surface area contributed by atoms with Crippen LogP contribution in [0.2, 0.25) is 0 Å². The van der Waals surface area contributed by atoms with E-state index in [4.69, 9.17) is 8.92 Å². The third kappa shape index (κ3) is 3.66. The molecule has 0 saturated carbocycles. The monoisotopic (exact) mass is 477 g/mol. The first-order valence-corrected chi connectivity index (χ1v) is 12.0. The summed E-state index contributed by atoms with van der Waals surface area (Å²) in [5, 5.41) is 0.996. The predicted molar refractivity (Wildman–Crippen MR) is 126 cm³/mol. The maximum absolute atomic E-state index is 13.2. The molecule has 0 spiro atoms. The minimum atomic E-state index is -4.19. The Kier molecular flexibility index (Phi) is 5.25.